The maximum atomic E-state index is 11.6. The molecule has 94 valence electrons. The fraction of sp³-hybridized carbons (Fsp3) is 0.500. The largest absolute Gasteiger partial charge is 0.353 e. The van der Waals surface area contributed by atoms with E-state index in [2.05, 4.69) is 40.3 Å². The zero-order valence-electron chi connectivity index (χ0n) is 10.4. The zero-order valence-corrected chi connectivity index (χ0v) is 12.0. The Morgan fingerprint density at radius 3 is 2.59 bits per heavy atom. The third kappa shape index (κ3) is 5.35. The highest BCUT2D eigenvalue weighted by Crippen LogP contribution is 2.07. The number of rotatable bonds is 6. The minimum absolute atomic E-state index is 0.0679. The number of halogens is 1. The van der Waals surface area contributed by atoms with Gasteiger partial charge in [0.05, 0.1) is 4.83 Å². The van der Waals surface area contributed by atoms with Crippen molar-refractivity contribution in [3.05, 3.63) is 35.9 Å². The molecule has 0 unspecified atom stereocenters. The van der Waals surface area contributed by atoms with Crippen molar-refractivity contribution < 1.29 is 4.79 Å². The fourth-order valence-electron chi connectivity index (χ4n) is 1.62. The van der Waals surface area contributed by atoms with Crippen LogP contribution >= 0.6 is 15.9 Å². The van der Waals surface area contributed by atoms with E-state index in [0.717, 1.165) is 19.3 Å². The Labute approximate surface area is 112 Å². The van der Waals surface area contributed by atoms with E-state index in [0.29, 0.717) is 0 Å². The van der Waals surface area contributed by atoms with Gasteiger partial charge in [0.15, 0.2) is 0 Å². The highest BCUT2D eigenvalue weighted by Gasteiger charge is 2.14. The topological polar surface area (TPSA) is 29.1 Å². The number of amides is 1. The lowest BCUT2D eigenvalue weighted by Gasteiger charge is -2.15. The van der Waals surface area contributed by atoms with E-state index >= 15 is 0 Å². The summed E-state index contributed by atoms with van der Waals surface area (Å²) in [7, 11) is 0. The highest BCUT2D eigenvalue weighted by atomic mass is 79.9. The first-order chi connectivity index (χ1) is 8.13. The lowest BCUT2D eigenvalue weighted by Crippen LogP contribution is -2.37. The Bertz CT molecular complexity index is 339. The minimum atomic E-state index is -0.0679. The first-order valence-electron chi connectivity index (χ1n) is 6.11. The molecule has 1 aromatic rings. The van der Waals surface area contributed by atoms with Gasteiger partial charge < -0.3 is 5.32 Å². The Hall–Kier alpha value is -0.830. The SMILES string of the molecule is CC[C@H](Br)C(=O)N[C@H](C)CCc1ccccc1. The van der Waals surface area contributed by atoms with Gasteiger partial charge in [-0.2, -0.15) is 0 Å². The molecular formula is C14H20BrNO. The van der Waals surface area contributed by atoms with Crippen LogP contribution in [0.5, 0.6) is 0 Å². The first-order valence-corrected chi connectivity index (χ1v) is 7.03. The number of nitrogens with one attached hydrogen (secondary N) is 1. The van der Waals surface area contributed by atoms with Crippen LogP contribution < -0.4 is 5.32 Å². The molecule has 2 nitrogen and oxygen atoms in total. The molecule has 1 amide bonds. The lowest BCUT2D eigenvalue weighted by atomic mass is 10.1. The third-order valence-electron chi connectivity index (χ3n) is 2.74. The molecule has 1 rings (SSSR count). The van der Waals surface area contributed by atoms with Crippen LogP contribution in [0, 0.1) is 0 Å². The van der Waals surface area contributed by atoms with Gasteiger partial charge in [-0.25, -0.2) is 0 Å². The van der Waals surface area contributed by atoms with Crippen molar-refractivity contribution >= 4 is 21.8 Å². The second-order valence-electron chi connectivity index (χ2n) is 4.31. The summed E-state index contributed by atoms with van der Waals surface area (Å²) in [6.07, 6.45) is 2.79. The summed E-state index contributed by atoms with van der Waals surface area (Å²) in [6, 6.07) is 10.6. The van der Waals surface area contributed by atoms with Crippen LogP contribution in [0.25, 0.3) is 0 Å². The van der Waals surface area contributed by atoms with E-state index in [4.69, 9.17) is 0 Å². The second-order valence-corrected chi connectivity index (χ2v) is 5.42. The Kier molecular flexibility index (Phi) is 6.27. The Morgan fingerprint density at radius 1 is 1.35 bits per heavy atom. The summed E-state index contributed by atoms with van der Waals surface area (Å²) in [5, 5.41) is 3.02. The van der Waals surface area contributed by atoms with Crippen LogP contribution in [0.2, 0.25) is 0 Å². The maximum absolute atomic E-state index is 11.6. The molecule has 0 aliphatic heterocycles. The fourth-order valence-corrected chi connectivity index (χ4v) is 1.75. The molecule has 0 bridgehead atoms. The second kappa shape index (κ2) is 7.49. The Balaban J connectivity index is 2.30. The summed E-state index contributed by atoms with van der Waals surface area (Å²) >= 11 is 3.35. The molecule has 3 heteroatoms. The number of alkyl halides is 1. The van der Waals surface area contributed by atoms with Crippen molar-refractivity contribution in [3.63, 3.8) is 0 Å². The van der Waals surface area contributed by atoms with Crippen LogP contribution in [0.4, 0.5) is 0 Å². The summed E-state index contributed by atoms with van der Waals surface area (Å²) in [6.45, 7) is 4.05. The predicted molar refractivity (Wildman–Crippen MR) is 75.4 cm³/mol. The molecule has 1 aromatic carbocycles. The molecule has 0 spiro atoms. The van der Waals surface area contributed by atoms with E-state index in [1.54, 1.807) is 0 Å². The maximum Gasteiger partial charge on any atom is 0.233 e. The standard InChI is InChI=1S/C14H20BrNO/c1-3-13(15)14(17)16-11(2)9-10-12-7-5-4-6-8-12/h4-8,11,13H,3,9-10H2,1-2H3,(H,16,17)/t11-,13+/m1/s1. The Morgan fingerprint density at radius 2 is 2.00 bits per heavy atom. The van der Waals surface area contributed by atoms with Gasteiger partial charge in [-0.15, -0.1) is 0 Å². The van der Waals surface area contributed by atoms with E-state index in [1.165, 1.54) is 5.56 Å². The van der Waals surface area contributed by atoms with Crippen LogP contribution in [-0.2, 0) is 11.2 Å². The van der Waals surface area contributed by atoms with Crippen LogP contribution in [0.1, 0.15) is 32.3 Å². The van der Waals surface area contributed by atoms with E-state index in [-0.39, 0.29) is 16.8 Å². The van der Waals surface area contributed by atoms with E-state index < -0.39 is 0 Å². The van der Waals surface area contributed by atoms with Gasteiger partial charge in [-0.05, 0) is 31.7 Å². The number of benzene rings is 1. The van der Waals surface area contributed by atoms with E-state index in [1.807, 2.05) is 25.1 Å². The van der Waals surface area contributed by atoms with Crippen molar-refractivity contribution in [2.24, 2.45) is 0 Å². The van der Waals surface area contributed by atoms with Gasteiger partial charge >= 0.3 is 0 Å². The summed E-state index contributed by atoms with van der Waals surface area (Å²) in [5.74, 6) is 0.0908. The predicted octanol–water partition coefficient (Wildman–Crippen LogP) is 3.30. The normalized spacial score (nSPS) is 14.1. The molecule has 0 heterocycles. The summed E-state index contributed by atoms with van der Waals surface area (Å²) < 4.78 is 0. The molecule has 1 N–H and O–H groups in total. The third-order valence-corrected chi connectivity index (χ3v) is 3.80. The highest BCUT2D eigenvalue weighted by molar-refractivity contribution is 9.10. The van der Waals surface area contributed by atoms with Gasteiger partial charge in [0.2, 0.25) is 5.91 Å². The van der Waals surface area contributed by atoms with Gasteiger partial charge in [0.1, 0.15) is 0 Å². The smallest absolute Gasteiger partial charge is 0.233 e. The van der Waals surface area contributed by atoms with Gasteiger partial charge in [-0.3, -0.25) is 4.79 Å². The summed E-state index contributed by atoms with van der Waals surface area (Å²) in [4.78, 5) is 11.6. The van der Waals surface area contributed by atoms with E-state index in [9.17, 15) is 4.79 Å². The molecule has 0 aromatic heterocycles. The van der Waals surface area contributed by atoms with Gasteiger partial charge in [0.25, 0.3) is 0 Å². The van der Waals surface area contributed by atoms with Crippen molar-refractivity contribution in [1.82, 2.24) is 5.32 Å². The van der Waals surface area contributed by atoms with Crippen molar-refractivity contribution in [1.29, 1.82) is 0 Å². The molecule has 0 saturated heterocycles. The molecule has 17 heavy (non-hydrogen) atoms. The number of hydrogen-bond acceptors (Lipinski definition) is 1. The average Bonchev–Trinajstić information content (AvgIpc) is 2.36. The molecule has 0 aliphatic rings. The van der Waals surface area contributed by atoms with Crippen LogP contribution in [0.3, 0.4) is 0 Å². The number of hydrogen-bond donors (Lipinski definition) is 1. The number of carbonyl (C=O) groups excluding carboxylic acids is 1. The van der Waals surface area contributed by atoms with Gasteiger partial charge in [0, 0.05) is 6.04 Å². The average molecular weight is 298 g/mol. The number of aryl methyl sites for hydroxylation is 1. The van der Waals surface area contributed by atoms with Crippen LogP contribution in [-0.4, -0.2) is 16.8 Å². The molecule has 0 saturated carbocycles. The molecule has 0 aliphatic carbocycles. The summed E-state index contributed by atoms with van der Waals surface area (Å²) in [5.41, 5.74) is 1.32. The molecule has 0 fully saturated rings. The first kappa shape index (κ1) is 14.2. The quantitative estimate of drug-likeness (QED) is 0.802. The van der Waals surface area contributed by atoms with Gasteiger partial charge in [-0.1, -0.05) is 53.2 Å². The minimum Gasteiger partial charge on any atom is -0.353 e. The lowest BCUT2D eigenvalue weighted by molar-refractivity contribution is -0.121. The zero-order chi connectivity index (χ0) is 12.7. The molecule has 0 radical (unpaired) electrons. The monoisotopic (exact) mass is 297 g/mol. The number of carbonyl (C=O) groups is 1. The van der Waals surface area contributed by atoms with Crippen molar-refractivity contribution in [2.75, 3.05) is 0 Å². The van der Waals surface area contributed by atoms with Crippen molar-refractivity contribution in [3.8, 4) is 0 Å². The molecular weight excluding hydrogens is 278 g/mol. The molecule has 2 atom stereocenters. The van der Waals surface area contributed by atoms with Crippen molar-refractivity contribution in [2.45, 2.75) is 44.0 Å². The van der Waals surface area contributed by atoms with Crippen LogP contribution in [0.15, 0.2) is 30.3 Å².